The molecule has 1 N–H and O–H groups in total. The summed E-state index contributed by atoms with van der Waals surface area (Å²) in [5.74, 6) is -0.212. The smallest absolute Gasteiger partial charge is 0.123 e. The quantitative estimate of drug-likeness (QED) is 0.738. The van der Waals surface area contributed by atoms with Crippen molar-refractivity contribution in [2.24, 2.45) is 0 Å². The van der Waals surface area contributed by atoms with Gasteiger partial charge in [-0.05, 0) is 66.9 Å². The number of hydrogen-bond donors (Lipinski definition) is 1. The van der Waals surface area contributed by atoms with Crippen molar-refractivity contribution < 1.29 is 4.39 Å². The van der Waals surface area contributed by atoms with Crippen molar-refractivity contribution in [3.8, 4) is 0 Å². The van der Waals surface area contributed by atoms with Gasteiger partial charge < -0.3 is 5.32 Å². The zero-order valence-corrected chi connectivity index (χ0v) is 14.4. The largest absolute Gasteiger partial charge is 0.310 e. The Hall–Kier alpha value is -0.900. The van der Waals surface area contributed by atoms with Gasteiger partial charge in [0.1, 0.15) is 5.82 Å². The molecule has 2 aromatic carbocycles. The van der Waals surface area contributed by atoms with Crippen LogP contribution in [0.4, 0.5) is 4.39 Å². The average Bonchev–Trinajstić information content (AvgIpc) is 2.42. The number of hydrogen-bond acceptors (Lipinski definition) is 1. The maximum absolute atomic E-state index is 13.5. The molecular weight excluding hydrogens is 353 g/mol. The third-order valence-corrected chi connectivity index (χ3v) is 4.50. The van der Waals surface area contributed by atoms with Gasteiger partial charge in [-0.15, -0.1) is 0 Å². The molecular formula is C17H18BrClFN. The third-order valence-electron chi connectivity index (χ3n) is 3.49. The van der Waals surface area contributed by atoms with E-state index in [1.54, 1.807) is 12.1 Å². The molecule has 1 unspecified atom stereocenters. The molecule has 0 saturated carbocycles. The number of benzene rings is 2. The van der Waals surface area contributed by atoms with Crippen molar-refractivity contribution in [1.29, 1.82) is 0 Å². The molecule has 0 aliphatic rings. The summed E-state index contributed by atoms with van der Waals surface area (Å²) >= 11 is 9.52. The minimum absolute atomic E-state index is 0.130. The standard InChI is InChI=1S/C17H18BrClFN/c1-3-21-17(15-6-4-13(19)8-11(15)2)10-12-9-14(20)5-7-16(12)18/h4-9,17,21H,3,10H2,1-2H3. The van der Waals surface area contributed by atoms with E-state index in [4.69, 9.17) is 11.6 Å². The minimum Gasteiger partial charge on any atom is -0.310 e. The van der Waals surface area contributed by atoms with Crippen LogP contribution in [0.25, 0.3) is 0 Å². The van der Waals surface area contributed by atoms with E-state index in [0.29, 0.717) is 6.42 Å². The fraction of sp³-hybridized carbons (Fsp3) is 0.294. The maximum atomic E-state index is 13.5. The lowest BCUT2D eigenvalue weighted by molar-refractivity contribution is 0.543. The monoisotopic (exact) mass is 369 g/mol. The molecule has 0 saturated heterocycles. The number of likely N-dealkylation sites (N-methyl/N-ethyl adjacent to an activating group) is 1. The van der Waals surface area contributed by atoms with Crippen molar-refractivity contribution in [3.05, 3.63) is 68.4 Å². The number of rotatable bonds is 5. The molecule has 0 amide bonds. The first-order chi connectivity index (χ1) is 10.0. The second-order valence-corrected chi connectivity index (χ2v) is 6.34. The van der Waals surface area contributed by atoms with Crippen LogP contribution in [0, 0.1) is 12.7 Å². The maximum Gasteiger partial charge on any atom is 0.123 e. The van der Waals surface area contributed by atoms with Gasteiger partial charge in [-0.2, -0.15) is 0 Å². The number of nitrogens with one attached hydrogen (secondary N) is 1. The van der Waals surface area contributed by atoms with Crippen LogP contribution in [0.5, 0.6) is 0 Å². The van der Waals surface area contributed by atoms with E-state index in [1.165, 1.54) is 11.6 Å². The van der Waals surface area contributed by atoms with Crippen LogP contribution in [-0.2, 0) is 6.42 Å². The molecule has 112 valence electrons. The summed E-state index contributed by atoms with van der Waals surface area (Å²) in [6, 6.07) is 10.8. The summed E-state index contributed by atoms with van der Waals surface area (Å²) in [5.41, 5.74) is 3.29. The molecule has 2 aromatic rings. The summed E-state index contributed by atoms with van der Waals surface area (Å²) in [5, 5.41) is 4.20. The van der Waals surface area contributed by atoms with Gasteiger partial charge in [-0.1, -0.05) is 40.5 Å². The zero-order valence-electron chi connectivity index (χ0n) is 12.1. The first-order valence-corrected chi connectivity index (χ1v) is 8.11. The van der Waals surface area contributed by atoms with Crippen molar-refractivity contribution in [3.63, 3.8) is 0 Å². The van der Waals surface area contributed by atoms with Crippen LogP contribution in [0.1, 0.15) is 29.7 Å². The molecule has 1 nitrogen and oxygen atoms in total. The molecule has 1 atom stereocenters. The van der Waals surface area contributed by atoms with E-state index in [9.17, 15) is 4.39 Å². The van der Waals surface area contributed by atoms with Crippen molar-refractivity contribution in [1.82, 2.24) is 5.32 Å². The fourth-order valence-corrected chi connectivity index (χ4v) is 3.12. The van der Waals surface area contributed by atoms with E-state index < -0.39 is 0 Å². The van der Waals surface area contributed by atoms with Crippen LogP contribution in [0.2, 0.25) is 5.02 Å². The molecule has 4 heteroatoms. The second-order valence-electron chi connectivity index (χ2n) is 5.05. The molecule has 0 aliphatic carbocycles. The highest BCUT2D eigenvalue weighted by molar-refractivity contribution is 9.10. The molecule has 0 heterocycles. The van der Waals surface area contributed by atoms with Crippen molar-refractivity contribution in [2.45, 2.75) is 26.3 Å². The predicted molar refractivity (Wildman–Crippen MR) is 90.4 cm³/mol. The van der Waals surface area contributed by atoms with E-state index in [0.717, 1.165) is 27.2 Å². The van der Waals surface area contributed by atoms with Gasteiger partial charge in [0.15, 0.2) is 0 Å². The lowest BCUT2D eigenvalue weighted by atomic mass is 9.95. The molecule has 0 aromatic heterocycles. The lowest BCUT2D eigenvalue weighted by Crippen LogP contribution is -2.24. The molecule has 2 rings (SSSR count). The number of aryl methyl sites for hydroxylation is 1. The Labute approximate surface area is 138 Å². The van der Waals surface area contributed by atoms with E-state index in [2.05, 4.69) is 28.2 Å². The lowest BCUT2D eigenvalue weighted by Gasteiger charge is -2.21. The highest BCUT2D eigenvalue weighted by atomic mass is 79.9. The minimum atomic E-state index is -0.212. The fourth-order valence-electron chi connectivity index (χ4n) is 2.49. The SMILES string of the molecule is CCNC(Cc1cc(F)ccc1Br)c1ccc(Cl)cc1C. The van der Waals surface area contributed by atoms with Crippen LogP contribution >= 0.6 is 27.5 Å². The van der Waals surface area contributed by atoms with E-state index in [-0.39, 0.29) is 11.9 Å². The van der Waals surface area contributed by atoms with Gasteiger partial charge in [-0.25, -0.2) is 4.39 Å². The Kier molecular flexibility index (Phi) is 5.80. The molecule has 0 radical (unpaired) electrons. The Bertz CT molecular complexity index is 630. The Balaban J connectivity index is 2.32. The summed E-state index contributed by atoms with van der Waals surface area (Å²) in [4.78, 5) is 0. The highest BCUT2D eigenvalue weighted by Gasteiger charge is 2.15. The molecule has 0 spiro atoms. The van der Waals surface area contributed by atoms with Gasteiger partial charge in [0.2, 0.25) is 0 Å². The van der Waals surface area contributed by atoms with Gasteiger partial charge >= 0.3 is 0 Å². The van der Waals surface area contributed by atoms with Gasteiger partial charge in [0, 0.05) is 15.5 Å². The van der Waals surface area contributed by atoms with Crippen LogP contribution in [0.15, 0.2) is 40.9 Å². The molecule has 0 fully saturated rings. The highest BCUT2D eigenvalue weighted by Crippen LogP contribution is 2.27. The summed E-state index contributed by atoms with van der Waals surface area (Å²) in [6.45, 7) is 4.96. The summed E-state index contributed by atoms with van der Waals surface area (Å²) in [6.07, 6.45) is 0.717. The molecule has 0 aliphatic heterocycles. The topological polar surface area (TPSA) is 12.0 Å². The molecule has 0 bridgehead atoms. The Morgan fingerprint density at radius 3 is 2.67 bits per heavy atom. The van der Waals surface area contributed by atoms with Crippen molar-refractivity contribution >= 4 is 27.5 Å². The predicted octanol–water partition coefficient (Wildman–Crippen LogP) is 5.44. The van der Waals surface area contributed by atoms with Gasteiger partial charge in [0.25, 0.3) is 0 Å². The Morgan fingerprint density at radius 1 is 1.24 bits per heavy atom. The first-order valence-electron chi connectivity index (χ1n) is 6.94. The average molecular weight is 371 g/mol. The Morgan fingerprint density at radius 2 is 2.00 bits per heavy atom. The zero-order chi connectivity index (χ0) is 15.4. The van der Waals surface area contributed by atoms with E-state index >= 15 is 0 Å². The molecule has 21 heavy (non-hydrogen) atoms. The van der Waals surface area contributed by atoms with Crippen molar-refractivity contribution in [2.75, 3.05) is 6.54 Å². The number of halogens is 3. The summed E-state index contributed by atoms with van der Waals surface area (Å²) in [7, 11) is 0. The van der Waals surface area contributed by atoms with Crippen LogP contribution in [0.3, 0.4) is 0 Å². The first kappa shape index (κ1) is 16.5. The summed E-state index contributed by atoms with van der Waals surface area (Å²) < 4.78 is 14.4. The van der Waals surface area contributed by atoms with Gasteiger partial charge in [0.05, 0.1) is 0 Å². The third kappa shape index (κ3) is 4.29. The van der Waals surface area contributed by atoms with E-state index in [1.807, 2.05) is 25.1 Å². The normalized spacial score (nSPS) is 12.4. The second kappa shape index (κ2) is 7.39. The van der Waals surface area contributed by atoms with Gasteiger partial charge in [-0.3, -0.25) is 0 Å². The van der Waals surface area contributed by atoms with Crippen LogP contribution in [-0.4, -0.2) is 6.54 Å². The van der Waals surface area contributed by atoms with Crippen LogP contribution < -0.4 is 5.32 Å².